The molecule has 4 aromatic carbocycles. The standard InChI is InChI=1S/C39H35ClF4N2O6/c40-32-21-31(15-16-33(32)41)52-28-10-5-24(6-11-28)17-34(38(49)50)45-37(48)35-20-25-7-12-30(51-29-13-8-27(9-14-29)39(42,43)44)19-26(25)22-46(35)36(47)18-23-3-1-2-4-23/h5-16,19,21,23,34-35H,1-4,17-18,20,22H2,(H,45,48)(H,49,50)/t34-,35-/m0/s1. The molecule has 8 nitrogen and oxygen atoms in total. The molecule has 1 aliphatic carbocycles. The van der Waals surface area contributed by atoms with Crippen LogP contribution in [0.3, 0.4) is 0 Å². The summed E-state index contributed by atoms with van der Waals surface area (Å²) in [6.07, 6.45) is -0.232. The fraction of sp³-hybridized carbons (Fsp3) is 0.308. The van der Waals surface area contributed by atoms with Gasteiger partial charge in [0.2, 0.25) is 11.8 Å². The van der Waals surface area contributed by atoms with Crippen LogP contribution in [-0.2, 0) is 39.9 Å². The highest BCUT2D eigenvalue weighted by Gasteiger charge is 2.37. The molecule has 1 saturated carbocycles. The van der Waals surface area contributed by atoms with Crippen molar-refractivity contribution in [3.05, 3.63) is 118 Å². The van der Waals surface area contributed by atoms with Gasteiger partial charge in [-0.15, -0.1) is 0 Å². The fourth-order valence-corrected chi connectivity index (χ4v) is 6.79. The Hall–Kier alpha value is -5.10. The maximum absolute atomic E-state index is 13.8. The molecular formula is C39H35ClF4N2O6. The lowest BCUT2D eigenvalue weighted by atomic mass is 9.91. The lowest BCUT2D eigenvalue weighted by molar-refractivity contribution is -0.145. The van der Waals surface area contributed by atoms with E-state index in [-0.39, 0.29) is 48.4 Å². The zero-order valence-corrected chi connectivity index (χ0v) is 28.6. The van der Waals surface area contributed by atoms with Gasteiger partial charge in [-0.2, -0.15) is 13.2 Å². The van der Waals surface area contributed by atoms with Gasteiger partial charge in [0, 0.05) is 31.9 Å². The van der Waals surface area contributed by atoms with Gasteiger partial charge >= 0.3 is 12.1 Å². The maximum atomic E-state index is 13.8. The molecule has 52 heavy (non-hydrogen) atoms. The summed E-state index contributed by atoms with van der Waals surface area (Å²) in [6.45, 7) is 0.0711. The normalized spacial score (nSPS) is 16.6. The van der Waals surface area contributed by atoms with Crippen molar-refractivity contribution in [2.45, 2.75) is 69.8 Å². The molecule has 13 heteroatoms. The molecule has 0 radical (unpaired) electrons. The van der Waals surface area contributed by atoms with Crippen molar-refractivity contribution < 1.29 is 46.5 Å². The molecule has 0 spiro atoms. The molecule has 0 saturated heterocycles. The van der Waals surface area contributed by atoms with Crippen molar-refractivity contribution in [3.63, 3.8) is 0 Å². The number of carboxylic acid groups (broad SMARTS) is 1. The van der Waals surface area contributed by atoms with Gasteiger partial charge in [-0.3, -0.25) is 9.59 Å². The average molecular weight is 739 g/mol. The molecular weight excluding hydrogens is 704 g/mol. The summed E-state index contributed by atoms with van der Waals surface area (Å²) in [4.78, 5) is 41.4. The van der Waals surface area contributed by atoms with E-state index in [0.717, 1.165) is 43.4 Å². The molecule has 2 N–H and O–H groups in total. The number of ether oxygens (including phenoxy) is 2. The van der Waals surface area contributed by atoms with E-state index in [1.165, 1.54) is 35.2 Å². The van der Waals surface area contributed by atoms with E-state index in [0.29, 0.717) is 28.4 Å². The van der Waals surface area contributed by atoms with Crippen LogP contribution in [0.5, 0.6) is 23.0 Å². The number of nitrogens with zero attached hydrogens (tertiary/aromatic N) is 1. The lowest BCUT2D eigenvalue weighted by Crippen LogP contribution is -2.56. The van der Waals surface area contributed by atoms with Crippen LogP contribution in [0.4, 0.5) is 17.6 Å². The largest absolute Gasteiger partial charge is 0.480 e. The predicted molar refractivity (Wildman–Crippen MR) is 184 cm³/mol. The van der Waals surface area contributed by atoms with Crippen LogP contribution in [0.15, 0.2) is 84.9 Å². The number of fused-ring (bicyclic) bond motifs is 1. The van der Waals surface area contributed by atoms with E-state index in [4.69, 9.17) is 21.1 Å². The van der Waals surface area contributed by atoms with Crippen molar-refractivity contribution in [1.82, 2.24) is 10.2 Å². The highest BCUT2D eigenvalue weighted by molar-refractivity contribution is 6.30. The molecule has 0 bridgehead atoms. The Morgan fingerprint density at radius 3 is 2.06 bits per heavy atom. The van der Waals surface area contributed by atoms with Crippen molar-refractivity contribution in [1.29, 1.82) is 0 Å². The summed E-state index contributed by atoms with van der Waals surface area (Å²) in [5, 5.41) is 12.6. The quantitative estimate of drug-likeness (QED) is 0.149. The Kier molecular flexibility index (Phi) is 11.0. The first-order chi connectivity index (χ1) is 24.8. The topological polar surface area (TPSA) is 105 Å². The summed E-state index contributed by atoms with van der Waals surface area (Å²) in [7, 11) is 0. The third kappa shape index (κ3) is 9.03. The van der Waals surface area contributed by atoms with Crippen LogP contribution in [0.1, 0.15) is 54.4 Å². The molecule has 1 aliphatic heterocycles. The SMILES string of the molecule is O=C(O)[C@H](Cc1ccc(Oc2ccc(F)c(Cl)c2)cc1)NC(=O)[C@@H]1Cc2ccc(Oc3ccc(C(F)(F)F)cc3)cc2CN1C(=O)CC1CCCC1. The van der Waals surface area contributed by atoms with Crippen molar-refractivity contribution in [2.75, 3.05) is 0 Å². The summed E-state index contributed by atoms with van der Waals surface area (Å²) >= 11 is 5.83. The summed E-state index contributed by atoms with van der Waals surface area (Å²) in [5.41, 5.74) is 1.28. The van der Waals surface area contributed by atoms with E-state index in [1.807, 2.05) is 0 Å². The molecule has 2 atom stereocenters. The average Bonchev–Trinajstić information content (AvgIpc) is 3.62. The van der Waals surface area contributed by atoms with Crippen molar-refractivity contribution in [2.24, 2.45) is 5.92 Å². The number of carbonyl (C=O) groups is 3. The number of benzene rings is 4. The first kappa shape index (κ1) is 36.7. The van der Waals surface area contributed by atoms with Crippen LogP contribution in [0, 0.1) is 11.7 Å². The number of alkyl halides is 3. The third-order valence-electron chi connectivity index (χ3n) is 9.39. The van der Waals surface area contributed by atoms with Gasteiger partial charge in [0.15, 0.2) is 0 Å². The van der Waals surface area contributed by atoms with Crippen molar-refractivity contribution >= 4 is 29.4 Å². The smallest absolute Gasteiger partial charge is 0.416 e. The number of hydrogen-bond acceptors (Lipinski definition) is 5. The number of aliphatic carboxylic acids is 1. The first-order valence-electron chi connectivity index (χ1n) is 16.8. The second kappa shape index (κ2) is 15.6. The highest BCUT2D eigenvalue weighted by atomic mass is 35.5. The molecule has 2 aliphatic rings. The Morgan fingerprint density at radius 2 is 1.44 bits per heavy atom. The Bertz CT molecular complexity index is 1930. The van der Waals surface area contributed by atoms with Crippen LogP contribution >= 0.6 is 11.6 Å². The minimum Gasteiger partial charge on any atom is -0.480 e. The monoisotopic (exact) mass is 738 g/mol. The molecule has 0 aromatic heterocycles. The zero-order chi connectivity index (χ0) is 37.0. The van der Waals surface area contributed by atoms with Crippen LogP contribution in [-0.4, -0.2) is 39.9 Å². The van der Waals surface area contributed by atoms with Crippen LogP contribution in [0.25, 0.3) is 0 Å². The molecule has 272 valence electrons. The number of carboxylic acids is 1. The summed E-state index contributed by atoms with van der Waals surface area (Å²) in [6, 6.07) is 17.6. The Morgan fingerprint density at radius 1 is 0.846 bits per heavy atom. The molecule has 1 heterocycles. The Labute approximate surface area is 302 Å². The molecule has 4 aromatic rings. The number of halogens is 5. The second-order valence-corrected chi connectivity index (χ2v) is 13.5. The van der Waals surface area contributed by atoms with Gasteiger partial charge in [0.05, 0.1) is 10.6 Å². The van der Waals surface area contributed by atoms with E-state index in [9.17, 15) is 37.1 Å². The number of amides is 2. The van der Waals surface area contributed by atoms with Crippen LogP contribution < -0.4 is 14.8 Å². The third-order valence-corrected chi connectivity index (χ3v) is 9.68. The molecule has 0 unspecified atom stereocenters. The first-order valence-corrected chi connectivity index (χ1v) is 17.2. The number of nitrogens with one attached hydrogen (secondary N) is 1. The van der Waals surface area contributed by atoms with E-state index in [1.54, 1.807) is 42.5 Å². The second-order valence-electron chi connectivity index (χ2n) is 13.1. The lowest BCUT2D eigenvalue weighted by Gasteiger charge is -2.37. The van der Waals surface area contributed by atoms with Gasteiger partial charge in [-0.25, -0.2) is 9.18 Å². The van der Waals surface area contributed by atoms with Gasteiger partial charge < -0.3 is 24.8 Å². The van der Waals surface area contributed by atoms with Gasteiger partial charge in [-0.1, -0.05) is 42.6 Å². The molecule has 2 amide bonds. The van der Waals surface area contributed by atoms with Gasteiger partial charge in [-0.05, 0) is 96.1 Å². The maximum Gasteiger partial charge on any atom is 0.416 e. The molecule has 6 rings (SSSR count). The minimum atomic E-state index is -4.48. The number of rotatable bonds is 11. The predicted octanol–water partition coefficient (Wildman–Crippen LogP) is 8.73. The zero-order valence-electron chi connectivity index (χ0n) is 27.8. The van der Waals surface area contributed by atoms with Crippen LogP contribution in [0.2, 0.25) is 5.02 Å². The Balaban J connectivity index is 1.16. The van der Waals surface area contributed by atoms with E-state index >= 15 is 0 Å². The van der Waals surface area contributed by atoms with Gasteiger partial charge in [0.25, 0.3) is 0 Å². The summed E-state index contributed by atoms with van der Waals surface area (Å²) in [5.74, 6) is -1.16. The highest BCUT2D eigenvalue weighted by Crippen LogP contribution is 2.35. The van der Waals surface area contributed by atoms with Gasteiger partial charge in [0.1, 0.15) is 40.9 Å². The van der Waals surface area contributed by atoms with E-state index < -0.39 is 41.5 Å². The number of hydrogen-bond donors (Lipinski definition) is 2. The fourth-order valence-electron chi connectivity index (χ4n) is 6.62. The number of carbonyl (C=O) groups excluding carboxylic acids is 2. The minimum absolute atomic E-state index is 0.0479. The van der Waals surface area contributed by atoms with Crippen molar-refractivity contribution in [3.8, 4) is 23.0 Å². The van der Waals surface area contributed by atoms with E-state index in [2.05, 4.69) is 5.32 Å². The summed E-state index contributed by atoms with van der Waals surface area (Å²) < 4.78 is 64.1. The molecule has 1 fully saturated rings.